The Morgan fingerprint density at radius 3 is 2.29 bits per heavy atom. The molecule has 1 aliphatic rings. The van der Waals surface area contributed by atoms with Crippen molar-refractivity contribution < 1.29 is 14.5 Å². The minimum Gasteiger partial charge on any atom is -0.763 e. The van der Waals surface area contributed by atoms with Gasteiger partial charge in [-0.3, -0.25) is 20.8 Å². The van der Waals surface area contributed by atoms with Gasteiger partial charge in [0.1, 0.15) is 5.92 Å². The highest BCUT2D eigenvalue weighted by Crippen LogP contribution is 2.36. The van der Waals surface area contributed by atoms with Crippen LogP contribution in [0.3, 0.4) is 0 Å². The summed E-state index contributed by atoms with van der Waals surface area (Å²) in [5.41, 5.74) is -0.0846. The Morgan fingerprint density at radius 1 is 1.29 bits per heavy atom. The fourth-order valence-electron chi connectivity index (χ4n) is 2.49. The van der Waals surface area contributed by atoms with E-state index in [9.17, 15) is 9.59 Å². The van der Waals surface area contributed by atoms with Gasteiger partial charge >= 0.3 is 0 Å². The molecule has 2 heterocycles. The van der Waals surface area contributed by atoms with Crippen molar-refractivity contribution in [3.63, 3.8) is 0 Å². The highest BCUT2D eigenvalue weighted by atomic mass is 32.1. The molecule has 1 aromatic rings. The van der Waals surface area contributed by atoms with Gasteiger partial charge in [-0.1, -0.05) is 6.07 Å². The second kappa shape index (κ2) is 9.78. The van der Waals surface area contributed by atoms with Crippen molar-refractivity contribution in [3.05, 3.63) is 33.4 Å². The zero-order valence-electron chi connectivity index (χ0n) is 14.1. The van der Waals surface area contributed by atoms with Gasteiger partial charge in [0.25, 0.3) is 5.91 Å². The van der Waals surface area contributed by atoms with E-state index >= 15 is 0 Å². The highest BCUT2D eigenvalue weighted by molar-refractivity contribution is 7.10. The molecule has 2 atom stereocenters. The highest BCUT2D eigenvalue weighted by Gasteiger charge is 2.40. The third-order valence-electron chi connectivity index (χ3n) is 4.02. The van der Waals surface area contributed by atoms with Crippen LogP contribution in [0.15, 0.2) is 23.1 Å². The second-order valence-electron chi connectivity index (χ2n) is 5.25. The first-order chi connectivity index (χ1) is 11.5. The summed E-state index contributed by atoms with van der Waals surface area (Å²) in [7, 11) is 0. The van der Waals surface area contributed by atoms with Crippen molar-refractivity contribution in [2.75, 3.05) is 19.6 Å². The summed E-state index contributed by atoms with van der Waals surface area (Å²) in [5.74, 6) is -1.34. The van der Waals surface area contributed by atoms with E-state index in [0.29, 0.717) is 4.88 Å². The smallest absolute Gasteiger partial charge is 0.260 e. The van der Waals surface area contributed by atoms with E-state index < -0.39 is 23.7 Å². The van der Waals surface area contributed by atoms with E-state index in [-0.39, 0.29) is 5.57 Å². The summed E-state index contributed by atoms with van der Waals surface area (Å²) in [6, 6.07) is 5.31. The Bertz CT molecular complexity index is 647. The predicted molar refractivity (Wildman–Crippen MR) is 93.8 cm³/mol. The molecule has 7 heteroatoms. The number of nitrogens with zero attached hydrogens (tertiary/aromatic N) is 2. The van der Waals surface area contributed by atoms with Gasteiger partial charge in [0.05, 0.1) is 31.6 Å². The Hall–Kier alpha value is -2.26. The quantitative estimate of drug-likeness (QED) is 0.478. The summed E-state index contributed by atoms with van der Waals surface area (Å²) < 4.78 is 0. The molecule has 1 aromatic heterocycles. The molecule has 1 fully saturated rings. The maximum absolute atomic E-state index is 11.5. The van der Waals surface area contributed by atoms with Gasteiger partial charge in [-0.15, -0.1) is 11.3 Å². The van der Waals surface area contributed by atoms with Gasteiger partial charge in [-0.2, -0.15) is 5.26 Å². The number of amides is 2. The fraction of sp³-hybridized carbons (Fsp3) is 0.471. The zero-order chi connectivity index (χ0) is 18.1. The van der Waals surface area contributed by atoms with Crippen molar-refractivity contribution in [3.8, 4) is 6.07 Å². The SMILES string of the molecule is CC[NH+](CC)CC.N#CC1C(=O)NC(=O)C(=C=[N-])C1c1cccs1. The van der Waals surface area contributed by atoms with E-state index in [1.54, 1.807) is 28.3 Å². The number of hydrogen-bond donors (Lipinski definition) is 2. The number of nitrogens with one attached hydrogen (secondary N) is 2. The van der Waals surface area contributed by atoms with Crippen molar-refractivity contribution in [1.29, 1.82) is 5.26 Å². The van der Waals surface area contributed by atoms with Crippen LogP contribution in [0.5, 0.6) is 0 Å². The first-order valence-electron chi connectivity index (χ1n) is 7.92. The number of carbonyl (C=O) groups excluding carboxylic acids is 2. The van der Waals surface area contributed by atoms with Crippen molar-refractivity contribution in [2.24, 2.45) is 5.92 Å². The molecule has 0 radical (unpaired) electrons. The zero-order valence-corrected chi connectivity index (χ0v) is 14.9. The first kappa shape index (κ1) is 19.8. The van der Waals surface area contributed by atoms with E-state index in [2.05, 4.69) is 20.8 Å². The summed E-state index contributed by atoms with van der Waals surface area (Å²) in [6.45, 7) is 10.5. The molecule has 1 saturated heterocycles. The molecule has 2 amide bonds. The van der Waals surface area contributed by atoms with Crippen molar-refractivity contribution in [1.82, 2.24) is 5.32 Å². The number of carbonyl (C=O) groups is 2. The van der Waals surface area contributed by atoms with Crippen LogP contribution in [0.4, 0.5) is 0 Å². The molecule has 0 saturated carbocycles. The first-order valence-corrected chi connectivity index (χ1v) is 8.80. The molecular formula is C17H22N4O2S. The van der Waals surface area contributed by atoms with Crippen LogP contribution in [0.25, 0.3) is 5.41 Å². The van der Waals surface area contributed by atoms with Gasteiger partial charge in [-0.05, 0) is 32.2 Å². The summed E-state index contributed by atoms with van der Waals surface area (Å²) >= 11 is 1.32. The Kier molecular flexibility index (Phi) is 8.07. The molecular weight excluding hydrogens is 324 g/mol. The van der Waals surface area contributed by atoms with Crippen molar-refractivity contribution in [2.45, 2.75) is 26.7 Å². The average molecular weight is 346 g/mol. The number of piperidine rings is 1. The van der Waals surface area contributed by atoms with E-state index in [4.69, 9.17) is 10.7 Å². The van der Waals surface area contributed by atoms with Gasteiger partial charge in [0.2, 0.25) is 5.91 Å². The Balaban J connectivity index is 0.000000351. The van der Waals surface area contributed by atoms with E-state index in [1.807, 2.05) is 11.4 Å². The van der Waals surface area contributed by atoms with Gasteiger partial charge in [0, 0.05) is 10.5 Å². The number of nitriles is 1. The van der Waals surface area contributed by atoms with Crippen LogP contribution in [-0.4, -0.2) is 37.3 Å². The van der Waals surface area contributed by atoms with E-state index in [0.717, 1.165) is 0 Å². The predicted octanol–water partition coefficient (Wildman–Crippen LogP) is 0.724. The standard InChI is InChI=1S/C11H6N3O2S.C6H15N/c12-4-6-9(8-2-1-3-17-8)7(5-13)11(16)14-10(6)15;1-4-7(5-2)6-3/h1-3,6,9H,(H,14,15,16);4-6H2,1-3H3/q-1;/p+1. The molecule has 6 nitrogen and oxygen atoms in total. The third kappa shape index (κ3) is 4.62. The molecule has 2 N–H and O–H groups in total. The maximum atomic E-state index is 11.5. The van der Waals surface area contributed by atoms with Gasteiger partial charge < -0.3 is 10.3 Å². The minimum atomic E-state index is -1.03. The molecule has 2 unspecified atom stereocenters. The fourth-order valence-corrected chi connectivity index (χ4v) is 3.37. The van der Waals surface area contributed by atoms with Crippen LogP contribution >= 0.6 is 11.3 Å². The number of imide groups is 1. The second-order valence-corrected chi connectivity index (χ2v) is 6.23. The van der Waals surface area contributed by atoms with Gasteiger partial charge in [0.15, 0.2) is 0 Å². The van der Waals surface area contributed by atoms with Crippen molar-refractivity contribution >= 4 is 29.0 Å². The molecule has 1 aliphatic heterocycles. The number of hydrogen-bond acceptors (Lipinski definition) is 4. The molecule has 2 rings (SSSR count). The lowest BCUT2D eigenvalue weighted by Crippen LogP contribution is -3.11. The molecule has 0 aliphatic carbocycles. The minimum absolute atomic E-state index is 0.0846. The van der Waals surface area contributed by atoms with Crippen LogP contribution in [0.2, 0.25) is 0 Å². The molecule has 0 bridgehead atoms. The van der Waals surface area contributed by atoms with Crippen LogP contribution in [-0.2, 0) is 9.59 Å². The Morgan fingerprint density at radius 2 is 1.92 bits per heavy atom. The van der Waals surface area contributed by atoms with Crippen LogP contribution < -0.4 is 10.2 Å². The third-order valence-corrected chi connectivity index (χ3v) is 4.97. The van der Waals surface area contributed by atoms with Crippen LogP contribution in [0, 0.1) is 17.2 Å². The number of rotatable bonds is 4. The normalized spacial score (nSPS) is 19.9. The molecule has 0 spiro atoms. The van der Waals surface area contributed by atoms with E-state index in [1.165, 1.54) is 31.0 Å². The lowest BCUT2D eigenvalue weighted by atomic mass is 9.82. The molecule has 24 heavy (non-hydrogen) atoms. The monoisotopic (exact) mass is 346 g/mol. The number of thiophene rings is 1. The van der Waals surface area contributed by atoms with Gasteiger partial charge in [-0.25, -0.2) is 0 Å². The van der Waals surface area contributed by atoms with Crippen LogP contribution in [0.1, 0.15) is 31.6 Å². The average Bonchev–Trinajstić information content (AvgIpc) is 3.10. The summed E-state index contributed by atoms with van der Waals surface area (Å²) in [5, 5.41) is 21.7. The topological polar surface area (TPSA) is 96.7 Å². The summed E-state index contributed by atoms with van der Waals surface area (Å²) in [4.78, 5) is 25.4. The maximum Gasteiger partial charge on any atom is 0.260 e. The summed E-state index contributed by atoms with van der Waals surface area (Å²) in [6.07, 6.45) is 0. The lowest BCUT2D eigenvalue weighted by Gasteiger charge is -2.26. The number of quaternary nitrogens is 1. The molecule has 0 aromatic carbocycles. The Labute approximate surface area is 146 Å². The molecule has 128 valence electrons. The lowest BCUT2D eigenvalue weighted by molar-refractivity contribution is -0.894. The largest absolute Gasteiger partial charge is 0.763 e.